The number of methoxy groups -OCH3 is 1. The topological polar surface area (TPSA) is 99.0 Å². The first-order valence-corrected chi connectivity index (χ1v) is 17.3. The Hall–Kier alpha value is -4.06. The van der Waals surface area contributed by atoms with Gasteiger partial charge in [-0.25, -0.2) is 14.4 Å². The van der Waals surface area contributed by atoms with Gasteiger partial charge < -0.3 is 24.2 Å². The number of nitrogens with zero attached hydrogens (tertiary/aromatic N) is 6. The van der Waals surface area contributed by atoms with E-state index in [0.717, 1.165) is 81.7 Å². The van der Waals surface area contributed by atoms with Crippen LogP contribution in [-0.2, 0) is 0 Å². The summed E-state index contributed by atoms with van der Waals surface area (Å²) in [4.78, 5) is 30.7. The first kappa shape index (κ1) is 32.5. The number of aryl methyl sites for hydroxylation is 1. The summed E-state index contributed by atoms with van der Waals surface area (Å²) in [6, 6.07) is 15.5. The number of piperidine rings is 1. The van der Waals surface area contributed by atoms with Crippen molar-refractivity contribution in [1.82, 2.24) is 24.3 Å². The molecule has 10 nitrogen and oxygen atoms in total. The predicted octanol–water partition coefficient (Wildman–Crippen LogP) is 5.50. The van der Waals surface area contributed by atoms with Crippen LogP contribution in [0.4, 0.5) is 16.0 Å². The van der Waals surface area contributed by atoms with Crippen molar-refractivity contribution in [3.63, 3.8) is 0 Å². The molecular formula is C37H46FN7O3. The number of amides is 1. The third-order valence-electron chi connectivity index (χ3n) is 10.5. The lowest BCUT2D eigenvalue weighted by atomic mass is 9.93. The highest BCUT2D eigenvalue weighted by Gasteiger charge is 2.30. The van der Waals surface area contributed by atoms with Crippen LogP contribution in [0.25, 0.3) is 22.3 Å². The number of likely N-dealkylation sites (N-methyl/N-ethyl adjacent to an activating group) is 1. The van der Waals surface area contributed by atoms with Crippen LogP contribution >= 0.6 is 0 Å². The lowest BCUT2D eigenvalue weighted by Crippen LogP contribution is -2.52. The van der Waals surface area contributed by atoms with E-state index in [1.54, 1.807) is 31.2 Å². The second-order valence-electron chi connectivity index (χ2n) is 13.6. The van der Waals surface area contributed by atoms with Crippen molar-refractivity contribution in [2.75, 3.05) is 63.6 Å². The SMILES string of the molecule is COc1ccccc1-c1nc(C)cc(C(=O)Nc2nc3ccc(N4CCC(N5CCN(C)CC5)CC4)cc3n2[C@H]2CC[C@@H](O)CC2)c1F. The Morgan fingerprint density at radius 1 is 0.917 bits per heavy atom. The van der Waals surface area contributed by atoms with E-state index in [9.17, 15) is 9.90 Å². The molecule has 4 heterocycles. The molecule has 0 bridgehead atoms. The van der Waals surface area contributed by atoms with Gasteiger partial charge in [0.1, 0.15) is 11.4 Å². The van der Waals surface area contributed by atoms with Crippen molar-refractivity contribution in [1.29, 1.82) is 0 Å². The fraction of sp³-hybridized carbons (Fsp3) is 0.486. The van der Waals surface area contributed by atoms with Crippen LogP contribution in [0.1, 0.15) is 60.6 Å². The number of aromatic nitrogens is 3. The van der Waals surface area contributed by atoms with E-state index in [0.29, 0.717) is 41.8 Å². The Morgan fingerprint density at radius 3 is 2.38 bits per heavy atom. The van der Waals surface area contributed by atoms with Gasteiger partial charge in [0.2, 0.25) is 5.95 Å². The summed E-state index contributed by atoms with van der Waals surface area (Å²) in [5, 5.41) is 13.3. The fourth-order valence-electron chi connectivity index (χ4n) is 7.74. The first-order chi connectivity index (χ1) is 23.3. The number of imidazole rings is 1. The summed E-state index contributed by atoms with van der Waals surface area (Å²) >= 11 is 0. The number of ether oxygens (including phenoxy) is 1. The summed E-state index contributed by atoms with van der Waals surface area (Å²) in [5.41, 5.74) is 3.80. The van der Waals surface area contributed by atoms with Crippen LogP contribution in [0, 0.1) is 12.7 Å². The minimum Gasteiger partial charge on any atom is -0.496 e. The molecule has 2 N–H and O–H groups in total. The molecule has 2 aromatic heterocycles. The van der Waals surface area contributed by atoms with Crippen LogP contribution in [0.3, 0.4) is 0 Å². The number of pyridine rings is 1. The number of halogens is 1. The highest BCUT2D eigenvalue weighted by atomic mass is 19.1. The van der Waals surface area contributed by atoms with Gasteiger partial charge in [0.25, 0.3) is 5.91 Å². The Labute approximate surface area is 281 Å². The molecule has 4 aromatic rings. The molecule has 3 fully saturated rings. The van der Waals surface area contributed by atoms with Crippen LogP contribution in [0.5, 0.6) is 5.75 Å². The highest BCUT2D eigenvalue weighted by Crippen LogP contribution is 2.37. The number of fused-ring (bicyclic) bond motifs is 1. The monoisotopic (exact) mass is 655 g/mol. The number of carbonyl (C=O) groups excluding carboxylic acids is 1. The average molecular weight is 656 g/mol. The summed E-state index contributed by atoms with van der Waals surface area (Å²) in [6.45, 7) is 8.27. The van der Waals surface area contributed by atoms with Gasteiger partial charge in [-0.3, -0.25) is 15.0 Å². The molecule has 254 valence electrons. The lowest BCUT2D eigenvalue weighted by Gasteiger charge is -2.42. The van der Waals surface area contributed by atoms with Gasteiger partial charge in [0.05, 0.1) is 29.8 Å². The number of carbonyl (C=O) groups is 1. The van der Waals surface area contributed by atoms with Crippen molar-refractivity contribution in [2.45, 2.75) is 63.6 Å². The molecule has 7 rings (SSSR count). The summed E-state index contributed by atoms with van der Waals surface area (Å²) < 4.78 is 23.7. The number of rotatable bonds is 7. The number of nitrogens with one attached hydrogen (secondary N) is 1. The van der Waals surface area contributed by atoms with Gasteiger partial charge in [0, 0.05) is 68.3 Å². The van der Waals surface area contributed by atoms with Gasteiger partial charge in [-0.1, -0.05) is 12.1 Å². The van der Waals surface area contributed by atoms with Crippen molar-refractivity contribution < 1.29 is 19.0 Å². The largest absolute Gasteiger partial charge is 0.496 e. The third-order valence-corrected chi connectivity index (χ3v) is 10.5. The number of hydrogen-bond donors (Lipinski definition) is 2. The number of anilines is 2. The first-order valence-electron chi connectivity index (χ1n) is 17.3. The number of aliphatic hydroxyl groups is 1. The van der Waals surface area contributed by atoms with Crippen molar-refractivity contribution in [3.05, 3.63) is 65.6 Å². The summed E-state index contributed by atoms with van der Waals surface area (Å²) in [7, 11) is 3.72. The van der Waals surface area contributed by atoms with E-state index in [-0.39, 0.29) is 23.4 Å². The van der Waals surface area contributed by atoms with E-state index in [4.69, 9.17) is 9.72 Å². The Kier molecular flexibility index (Phi) is 9.35. The second-order valence-corrected chi connectivity index (χ2v) is 13.6. The van der Waals surface area contributed by atoms with Gasteiger partial charge in [-0.2, -0.15) is 0 Å². The number of aliphatic hydroxyl groups excluding tert-OH is 1. The molecule has 0 radical (unpaired) electrons. The fourth-order valence-corrected chi connectivity index (χ4v) is 7.74. The molecule has 1 amide bonds. The molecule has 0 spiro atoms. The Morgan fingerprint density at radius 2 is 1.65 bits per heavy atom. The van der Waals surface area contributed by atoms with Crippen LogP contribution < -0.4 is 15.0 Å². The van der Waals surface area contributed by atoms with Crippen molar-refractivity contribution >= 4 is 28.6 Å². The number of benzene rings is 2. The highest BCUT2D eigenvalue weighted by molar-refractivity contribution is 6.05. The number of hydrogen-bond acceptors (Lipinski definition) is 8. The zero-order valence-corrected chi connectivity index (χ0v) is 28.2. The molecule has 2 aromatic carbocycles. The molecule has 1 saturated carbocycles. The van der Waals surface area contributed by atoms with Gasteiger partial charge >= 0.3 is 0 Å². The zero-order chi connectivity index (χ0) is 33.4. The zero-order valence-electron chi connectivity index (χ0n) is 28.2. The van der Waals surface area contributed by atoms with Crippen LogP contribution in [-0.4, -0.2) is 101 Å². The van der Waals surface area contributed by atoms with Crippen LogP contribution in [0.15, 0.2) is 48.5 Å². The smallest absolute Gasteiger partial charge is 0.261 e. The molecule has 2 saturated heterocycles. The third kappa shape index (κ3) is 6.51. The molecule has 1 aliphatic carbocycles. The van der Waals surface area contributed by atoms with E-state index >= 15 is 4.39 Å². The Bertz CT molecular complexity index is 1770. The number of piperazine rings is 1. The second kappa shape index (κ2) is 13.8. The van der Waals surface area contributed by atoms with Gasteiger partial charge in [0.15, 0.2) is 5.82 Å². The van der Waals surface area contributed by atoms with Crippen molar-refractivity contribution in [3.8, 4) is 17.0 Å². The molecule has 0 atom stereocenters. The van der Waals surface area contributed by atoms with E-state index in [1.807, 2.05) is 6.07 Å². The molecule has 0 unspecified atom stereocenters. The van der Waals surface area contributed by atoms with Crippen molar-refractivity contribution in [2.24, 2.45) is 0 Å². The Balaban J connectivity index is 1.18. The predicted molar refractivity (Wildman–Crippen MR) is 186 cm³/mol. The maximum absolute atomic E-state index is 16.1. The van der Waals surface area contributed by atoms with Gasteiger partial charge in [-0.05, 0) is 88.9 Å². The maximum atomic E-state index is 16.1. The molecular weight excluding hydrogens is 609 g/mol. The lowest BCUT2D eigenvalue weighted by molar-refractivity contribution is 0.0982. The van der Waals surface area contributed by atoms with E-state index in [2.05, 4.69) is 48.7 Å². The molecule has 3 aliphatic rings. The van der Waals surface area contributed by atoms with Gasteiger partial charge in [-0.15, -0.1) is 0 Å². The summed E-state index contributed by atoms with van der Waals surface area (Å²) in [6.07, 6.45) is 4.82. The van der Waals surface area contributed by atoms with E-state index < -0.39 is 11.7 Å². The minimum absolute atomic E-state index is 0.0417. The van der Waals surface area contributed by atoms with E-state index in [1.165, 1.54) is 13.2 Å². The molecule has 48 heavy (non-hydrogen) atoms. The average Bonchev–Trinajstić information content (AvgIpc) is 3.46. The minimum atomic E-state index is -0.715. The normalized spacial score (nSPS) is 21.5. The number of para-hydroxylation sites is 1. The summed E-state index contributed by atoms with van der Waals surface area (Å²) in [5.74, 6) is -0.447. The molecule has 2 aliphatic heterocycles. The van der Waals surface area contributed by atoms with Crippen LogP contribution in [0.2, 0.25) is 0 Å². The quantitative estimate of drug-likeness (QED) is 0.270. The maximum Gasteiger partial charge on any atom is 0.261 e. The molecule has 11 heteroatoms. The standard InChI is InChI=1S/C37H46FN7O3/c1-24-22-30(34(38)35(39-24)29-6-4-5-7-33(29)48-3)36(47)41-37-40-31-13-10-27(23-32(31)45(37)26-8-11-28(46)12-9-26)43-16-14-25(15-17-43)44-20-18-42(2)19-21-44/h4-7,10,13,22-23,25-26,28,46H,8-9,11-12,14-21H2,1-3H3,(H,40,41,47)/t26-,28+.